The zero-order valence-electron chi connectivity index (χ0n) is 15.5. The molecule has 3 aromatic rings. The van der Waals surface area contributed by atoms with E-state index in [-0.39, 0.29) is 28.7 Å². The van der Waals surface area contributed by atoms with Crippen LogP contribution in [0.4, 0.5) is 5.69 Å². The Kier molecular flexibility index (Phi) is 5.79. The monoisotopic (exact) mass is 400 g/mol. The van der Waals surface area contributed by atoms with Gasteiger partial charge in [0.25, 0.3) is 0 Å². The minimum absolute atomic E-state index is 0.00839. The van der Waals surface area contributed by atoms with E-state index in [1.165, 1.54) is 13.2 Å². The standard InChI is InChI=1S/C20H20N2O5S/c1-14-12-18(27-22-14)15-8-9-17(26-2)19(13-15)28(24,25)11-10-20(23)21-16-6-4-3-5-7-16/h3-9,12-13H,10-11H2,1-2H3,(H,21,23). The van der Waals surface area contributed by atoms with Crippen LogP contribution in [0.2, 0.25) is 0 Å². The fourth-order valence-electron chi connectivity index (χ4n) is 2.65. The summed E-state index contributed by atoms with van der Waals surface area (Å²) in [7, 11) is -2.36. The Bertz CT molecular complexity index is 1070. The average molecular weight is 400 g/mol. The third kappa shape index (κ3) is 4.58. The van der Waals surface area contributed by atoms with E-state index in [1.807, 2.05) is 6.07 Å². The summed E-state index contributed by atoms with van der Waals surface area (Å²) in [6, 6.07) is 15.3. The Morgan fingerprint density at radius 3 is 2.54 bits per heavy atom. The molecule has 0 atom stereocenters. The third-order valence-electron chi connectivity index (χ3n) is 4.07. The van der Waals surface area contributed by atoms with Crippen LogP contribution in [0, 0.1) is 6.92 Å². The van der Waals surface area contributed by atoms with Gasteiger partial charge in [0.1, 0.15) is 10.6 Å². The van der Waals surface area contributed by atoms with Crippen LogP contribution in [-0.4, -0.2) is 32.3 Å². The molecule has 1 amide bonds. The van der Waals surface area contributed by atoms with Gasteiger partial charge in [0.2, 0.25) is 5.91 Å². The van der Waals surface area contributed by atoms with Gasteiger partial charge in [-0.25, -0.2) is 8.42 Å². The lowest BCUT2D eigenvalue weighted by molar-refractivity contribution is -0.115. The summed E-state index contributed by atoms with van der Waals surface area (Å²) in [5.74, 6) is -0.0568. The fraction of sp³-hybridized carbons (Fsp3) is 0.200. The first kappa shape index (κ1) is 19.6. The molecule has 3 rings (SSSR count). The molecule has 0 radical (unpaired) electrons. The Morgan fingerprint density at radius 2 is 1.89 bits per heavy atom. The normalized spacial score (nSPS) is 11.2. The van der Waals surface area contributed by atoms with Gasteiger partial charge in [-0.2, -0.15) is 0 Å². The van der Waals surface area contributed by atoms with Gasteiger partial charge in [-0.1, -0.05) is 23.4 Å². The third-order valence-corrected chi connectivity index (χ3v) is 5.80. The molecule has 0 aliphatic rings. The number of carbonyl (C=O) groups excluding carboxylic acids is 1. The topological polar surface area (TPSA) is 98.5 Å². The smallest absolute Gasteiger partial charge is 0.225 e. The number of anilines is 1. The van der Waals surface area contributed by atoms with Gasteiger partial charge in [-0.15, -0.1) is 0 Å². The highest BCUT2D eigenvalue weighted by molar-refractivity contribution is 7.91. The second-order valence-corrected chi connectivity index (χ2v) is 8.26. The molecule has 0 bridgehead atoms. The van der Waals surface area contributed by atoms with E-state index in [0.29, 0.717) is 22.7 Å². The Morgan fingerprint density at radius 1 is 1.14 bits per heavy atom. The highest BCUT2D eigenvalue weighted by atomic mass is 32.2. The van der Waals surface area contributed by atoms with E-state index < -0.39 is 9.84 Å². The van der Waals surface area contributed by atoms with Crippen molar-refractivity contribution < 1.29 is 22.5 Å². The fourth-order valence-corrected chi connectivity index (χ4v) is 4.09. The number of sulfone groups is 1. The predicted molar refractivity (Wildman–Crippen MR) is 105 cm³/mol. The van der Waals surface area contributed by atoms with Crippen molar-refractivity contribution in [1.82, 2.24) is 5.16 Å². The maximum absolute atomic E-state index is 12.9. The number of benzene rings is 2. The number of rotatable bonds is 7. The molecule has 1 aromatic heterocycles. The maximum atomic E-state index is 12.9. The molecule has 0 saturated heterocycles. The number of nitrogens with one attached hydrogen (secondary N) is 1. The number of nitrogens with zero attached hydrogens (tertiary/aromatic N) is 1. The lowest BCUT2D eigenvalue weighted by Gasteiger charge is -2.11. The number of aryl methyl sites for hydroxylation is 1. The molecule has 28 heavy (non-hydrogen) atoms. The summed E-state index contributed by atoms with van der Waals surface area (Å²) in [4.78, 5) is 12.1. The number of ether oxygens (including phenoxy) is 1. The molecule has 8 heteroatoms. The van der Waals surface area contributed by atoms with Crippen LogP contribution in [0.15, 0.2) is 64.0 Å². The summed E-state index contributed by atoms with van der Waals surface area (Å²) in [6.45, 7) is 1.78. The molecule has 146 valence electrons. The maximum Gasteiger partial charge on any atom is 0.225 e. The van der Waals surface area contributed by atoms with Crippen molar-refractivity contribution in [1.29, 1.82) is 0 Å². The lowest BCUT2D eigenvalue weighted by Crippen LogP contribution is -2.17. The number of carbonyl (C=O) groups is 1. The molecule has 1 N–H and O–H groups in total. The zero-order valence-corrected chi connectivity index (χ0v) is 16.3. The molecule has 0 spiro atoms. The van der Waals surface area contributed by atoms with Gasteiger partial charge >= 0.3 is 0 Å². The molecule has 0 aliphatic heterocycles. The largest absolute Gasteiger partial charge is 0.495 e. The first-order chi connectivity index (χ1) is 13.4. The van der Waals surface area contributed by atoms with E-state index in [1.54, 1.807) is 49.4 Å². The van der Waals surface area contributed by atoms with Crippen LogP contribution in [0.5, 0.6) is 5.75 Å². The van der Waals surface area contributed by atoms with Crippen LogP contribution in [0.1, 0.15) is 12.1 Å². The van der Waals surface area contributed by atoms with Crippen molar-refractivity contribution in [3.05, 3.63) is 60.3 Å². The van der Waals surface area contributed by atoms with Crippen LogP contribution >= 0.6 is 0 Å². The van der Waals surface area contributed by atoms with E-state index >= 15 is 0 Å². The van der Waals surface area contributed by atoms with Crippen LogP contribution in [0.25, 0.3) is 11.3 Å². The van der Waals surface area contributed by atoms with Gasteiger partial charge < -0.3 is 14.6 Å². The highest BCUT2D eigenvalue weighted by Crippen LogP contribution is 2.31. The number of amides is 1. The minimum Gasteiger partial charge on any atom is -0.495 e. The summed E-state index contributed by atoms with van der Waals surface area (Å²) in [5.41, 5.74) is 1.87. The molecule has 7 nitrogen and oxygen atoms in total. The van der Waals surface area contributed by atoms with E-state index in [2.05, 4.69) is 10.5 Å². The quantitative estimate of drug-likeness (QED) is 0.652. The van der Waals surface area contributed by atoms with E-state index in [9.17, 15) is 13.2 Å². The average Bonchev–Trinajstić information content (AvgIpc) is 3.13. The Labute approximate surface area is 163 Å². The summed E-state index contributed by atoms with van der Waals surface area (Å²) in [6.07, 6.45) is -0.175. The summed E-state index contributed by atoms with van der Waals surface area (Å²) >= 11 is 0. The van der Waals surface area contributed by atoms with Gasteiger partial charge in [0.15, 0.2) is 15.6 Å². The molecular weight excluding hydrogens is 380 g/mol. The van der Waals surface area contributed by atoms with Crippen molar-refractivity contribution in [2.75, 3.05) is 18.2 Å². The van der Waals surface area contributed by atoms with Gasteiger partial charge in [-0.3, -0.25) is 4.79 Å². The Balaban J connectivity index is 1.79. The Hall–Kier alpha value is -3.13. The molecule has 0 unspecified atom stereocenters. The van der Waals surface area contributed by atoms with Crippen molar-refractivity contribution in [3.8, 4) is 17.1 Å². The summed E-state index contributed by atoms with van der Waals surface area (Å²) < 4.78 is 36.1. The molecule has 0 aliphatic carbocycles. The van der Waals surface area contributed by atoms with Gasteiger partial charge in [0.05, 0.1) is 18.6 Å². The predicted octanol–water partition coefficient (Wildman–Crippen LogP) is 3.46. The number of aromatic nitrogens is 1. The van der Waals surface area contributed by atoms with Crippen molar-refractivity contribution >= 4 is 21.4 Å². The van der Waals surface area contributed by atoms with E-state index in [4.69, 9.17) is 9.26 Å². The van der Waals surface area contributed by atoms with E-state index in [0.717, 1.165) is 0 Å². The zero-order chi connectivity index (χ0) is 20.1. The number of hydrogen-bond donors (Lipinski definition) is 1. The highest BCUT2D eigenvalue weighted by Gasteiger charge is 2.22. The lowest BCUT2D eigenvalue weighted by atomic mass is 10.1. The van der Waals surface area contributed by atoms with Gasteiger partial charge in [-0.05, 0) is 37.3 Å². The molecule has 0 saturated carbocycles. The molecule has 2 aromatic carbocycles. The number of hydrogen-bond acceptors (Lipinski definition) is 6. The van der Waals surface area contributed by atoms with Crippen molar-refractivity contribution in [2.45, 2.75) is 18.2 Å². The second kappa shape index (κ2) is 8.26. The van der Waals surface area contributed by atoms with Crippen LogP contribution in [0.3, 0.4) is 0 Å². The molecule has 1 heterocycles. The molecular formula is C20H20N2O5S. The van der Waals surface area contributed by atoms with Crippen molar-refractivity contribution in [3.63, 3.8) is 0 Å². The van der Waals surface area contributed by atoms with Crippen LogP contribution in [-0.2, 0) is 14.6 Å². The second-order valence-electron chi connectivity index (χ2n) is 6.18. The van der Waals surface area contributed by atoms with Crippen molar-refractivity contribution in [2.24, 2.45) is 0 Å². The minimum atomic E-state index is -3.76. The van der Waals surface area contributed by atoms with Crippen LogP contribution < -0.4 is 10.1 Å². The number of methoxy groups -OCH3 is 1. The number of para-hydroxylation sites is 1. The SMILES string of the molecule is COc1ccc(-c2cc(C)no2)cc1S(=O)(=O)CCC(=O)Nc1ccccc1. The first-order valence-electron chi connectivity index (χ1n) is 8.58. The molecule has 0 fully saturated rings. The first-order valence-corrected chi connectivity index (χ1v) is 10.2. The van der Waals surface area contributed by atoms with Gasteiger partial charge in [0, 0.05) is 23.7 Å². The summed E-state index contributed by atoms with van der Waals surface area (Å²) in [5, 5.41) is 6.49.